The van der Waals surface area contributed by atoms with Crippen molar-refractivity contribution in [2.45, 2.75) is 47.0 Å². The van der Waals surface area contributed by atoms with Crippen LogP contribution in [-0.4, -0.2) is 31.1 Å². The molecule has 0 aliphatic carbocycles. The number of hydrogen-bond donors (Lipinski definition) is 1. The summed E-state index contributed by atoms with van der Waals surface area (Å²) in [4.78, 5) is 2.63. The summed E-state index contributed by atoms with van der Waals surface area (Å²) in [5, 5.41) is 0. The number of rotatable bonds is 5. The molecule has 0 aromatic rings. The average molecular weight is 226 g/mol. The van der Waals surface area contributed by atoms with Gasteiger partial charge in [-0.2, -0.15) is 0 Å². The van der Waals surface area contributed by atoms with E-state index in [0.717, 1.165) is 12.5 Å². The van der Waals surface area contributed by atoms with Gasteiger partial charge in [0.05, 0.1) is 0 Å². The van der Waals surface area contributed by atoms with Crippen molar-refractivity contribution in [3.8, 4) is 0 Å². The maximum Gasteiger partial charge on any atom is 0.00328 e. The van der Waals surface area contributed by atoms with Crippen molar-refractivity contribution in [1.29, 1.82) is 0 Å². The molecule has 0 spiro atoms. The van der Waals surface area contributed by atoms with Gasteiger partial charge in [0.1, 0.15) is 0 Å². The first-order valence-corrected chi connectivity index (χ1v) is 6.85. The zero-order valence-electron chi connectivity index (χ0n) is 11.6. The van der Waals surface area contributed by atoms with Gasteiger partial charge in [-0.15, -0.1) is 0 Å². The van der Waals surface area contributed by atoms with E-state index in [0.29, 0.717) is 11.3 Å². The Morgan fingerprint density at radius 1 is 1.31 bits per heavy atom. The largest absolute Gasteiger partial charge is 0.330 e. The lowest BCUT2D eigenvalue weighted by Gasteiger charge is -2.39. The Morgan fingerprint density at radius 2 is 2.00 bits per heavy atom. The van der Waals surface area contributed by atoms with Crippen LogP contribution in [0.5, 0.6) is 0 Å². The van der Waals surface area contributed by atoms with Crippen molar-refractivity contribution >= 4 is 0 Å². The summed E-state index contributed by atoms with van der Waals surface area (Å²) in [5.41, 5.74) is 6.39. The highest BCUT2D eigenvalue weighted by atomic mass is 15.1. The molecule has 1 rings (SSSR count). The van der Waals surface area contributed by atoms with E-state index in [1.54, 1.807) is 0 Å². The number of nitrogens with zero attached hydrogens (tertiary/aromatic N) is 1. The minimum Gasteiger partial charge on any atom is -0.330 e. The summed E-state index contributed by atoms with van der Waals surface area (Å²) in [6, 6.07) is 0. The summed E-state index contributed by atoms with van der Waals surface area (Å²) >= 11 is 0. The molecule has 1 fully saturated rings. The third-order valence-electron chi connectivity index (χ3n) is 3.63. The molecule has 0 bridgehead atoms. The Morgan fingerprint density at radius 3 is 2.50 bits per heavy atom. The standard InChI is InChI=1S/C14H30N2/c1-12(2)8-13(9-15)10-16-7-5-6-14(3,4)11-16/h12-13H,5-11,15H2,1-4H3. The Kier molecular flexibility index (Phi) is 5.26. The van der Waals surface area contributed by atoms with Gasteiger partial charge in [-0.05, 0) is 49.6 Å². The van der Waals surface area contributed by atoms with Crippen LogP contribution in [0.25, 0.3) is 0 Å². The molecule has 2 N–H and O–H groups in total. The average Bonchev–Trinajstić information content (AvgIpc) is 2.14. The zero-order chi connectivity index (χ0) is 12.2. The normalized spacial score (nSPS) is 23.6. The lowest BCUT2D eigenvalue weighted by Crippen LogP contribution is -2.43. The number of hydrogen-bond acceptors (Lipinski definition) is 2. The highest BCUT2D eigenvalue weighted by Gasteiger charge is 2.27. The molecule has 1 saturated heterocycles. The van der Waals surface area contributed by atoms with Crippen LogP contribution >= 0.6 is 0 Å². The summed E-state index contributed by atoms with van der Waals surface area (Å²) in [7, 11) is 0. The number of piperidine rings is 1. The van der Waals surface area contributed by atoms with Crippen LogP contribution in [0, 0.1) is 17.3 Å². The summed E-state index contributed by atoms with van der Waals surface area (Å²) < 4.78 is 0. The first kappa shape index (κ1) is 14.0. The summed E-state index contributed by atoms with van der Waals surface area (Å²) in [5.74, 6) is 1.46. The fourth-order valence-electron chi connectivity index (χ4n) is 2.98. The fourth-order valence-corrected chi connectivity index (χ4v) is 2.98. The molecule has 0 radical (unpaired) electrons. The molecular weight excluding hydrogens is 196 g/mol. The minimum absolute atomic E-state index is 0.509. The van der Waals surface area contributed by atoms with E-state index < -0.39 is 0 Å². The number of likely N-dealkylation sites (tertiary alicyclic amines) is 1. The maximum atomic E-state index is 5.88. The third-order valence-corrected chi connectivity index (χ3v) is 3.63. The van der Waals surface area contributed by atoms with Gasteiger partial charge in [-0.1, -0.05) is 27.7 Å². The number of nitrogens with two attached hydrogens (primary N) is 1. The second kappa shape index (κ2) is 6.02. The Labute approximate surface area is 102 Å². The quantitative estimate of drug-likeness (QED) is 0.781. The van der Waals surface area contributed by atoms with Crippen LogP contribution < -0.4 is 5.73 Å². The summed E-state index contributed by atoms with van der Waals surface area (Å²) in [6.45, 7) is 13.9. The van der Waals surface area contributed by atoms with Gasteiger partial charge in [0, 0.05) is 13.1 Å². The van der Waals surface area contributed by atoms with E-state index in [1.807, 2.05) is 0 Å². The van der Waals surface area contributed by atoms with Gasteiger partial charge in [0.2, 0.25) is 0 Å². The van der Waals surface area contributed by atoms with Crippen molar-refractivity contribution in [2.75, 3.05) is 26.2 Å². The molecule has 1 heterocycles. The lowest BCUT2D eigenvalue weighted by molar-refractivity contribution is 0.0989. The van der Waals surface area contributed by atoms with E-state index in [2.05, 4.69) is 32.6 Å². The van der Waals surface area contributed by atoms with Crippen LogP contribution in [0.3, 0.4) is 0 Å². The minimum atomic E-state index is 0.509. The first-order valence-electron chi connectivity index (χ1n) is 6.85. The van der Waals surface area contributed by atoms with Crippen molar-refractivity contribution in [3.63, 3.8) is 0 Å². The molecule has 2 heteroatoms. The van der Waals surface area contributed by atoms with Gasteiger partial charge in [-0.3, -0.25) is 0 Å². The molecule has 0 amide bonds. The Hall–Kier alpha value is -0.0800. The van der Waals surface area contributed by atoms with E-state index in [9.17, 15) is 0 Å². The zero-order valence-corrected chi connectivity index (χ0v) is 11.6. The smallest absolute Gasteiger partial charge is 0.00328 e. The molecule has 16 heavy (non-hydrogen) atoms. The summed E-state index contributed by atoms with van der Waals surface area (Å²) in [6.07, 6.45) is 4.00. The van der Waals surface area contributed by atoms with Gasteiger partial charge < -0.3 is 10.6 Å². The molecule has 96 valence electrons. The molecular formula is C14H30N2. The van der Waals surface area contributed by atoms with Crippen LogP contribution in [0.15, 0.2) is 0 Å². The molecule has 2 nitrogen and oxygen atoms in total. The SMILES string of the molecule is CC(C)CC(CN)CN1CCCC(C)(C)C1. The topological polar surface area (TPSA) is 29.3 Å². The molecule has 0 aromatic heterocycles. The van der Waals surface area contributed by atoms with E-state index >= 15 is 0 Å². The second-order valence-corrected chi connectivity index (χ2v) is 6.73. The van der Waals surface area contributed by atoms with E-state index in [1.165, 1.54) is 38.9 Å². The highest BCUT2D eigenvalue weighted by Crippen LogP contribution is 2.29. The predicted octanol–water partition coefficient (Wildman–Crippen LogP) is 2.73. The van der Waals surface area contributed by atoms with Crippen LogP contribution in [0.4, 0.5) is 0 Å². The van der Waals surface area contributed by atoms with Crippen molar-refractivity contribution in [3.05, 3.63) is 0 Å². The second-order valence-electron chi connectivity index (χ2n) is 6.73. The van der Waals surface area contributed by atoms with Gasteiger partial charge in [-0.25, -0.2) is 0 Å². The molecule has 1 unspecified atom stereocenters. The van der Waals surface area contributed by atoms with Crippen molar-refractivity contribution in [1.82, 2.24) is 4.90 Å². The van der Waals surface area contributed by atoms with Gasteiger partial charge in [0.15, 0.2) is 0 Å². The predicted molar refractivity (Wildman–Crippen MR) is 71.5 cm³/mol. The Bertz CT molecular complexity index is 199. The molecule has 1 atom stereocenters. The van der Waals surface area contributed by atoms with Crippen LogP contribution in [-0.2, 0) is 0 Å². The van der Waals surface area contributed by atoms with Crippen LogP contribution in [0.1, 0.15) is 47.0 Å². The molecule has 0 saturated carbocycles. The highest BCUT2D eigenvalue weighted by molar-refractivity contribution is 4.81. The molecule has 1 aliphatic rings. The first-order chi connectivity index (χ1) is 7.43. The van der Waals surface area contributed by atoms with Crippen LogP contribution in [0.2, 0.25) is 0 Å². The van der Waals surface area contributed by atoms with Crippen molar-refractivity contribution in [2.24, 2.45) is 23.0 Å². The molecule has 1 aliphatic heterocycles. The third kappa shape index (κ3) is 4.84. The monoisotopic (exact) mass is 226 g/mol. The van der Waals surface area contributed by atoms with E-state index in [-0.39, 0.29) is 0 Å². The maximum absolute atomic E-state index is 5.88. The van der Waals surface area contributed by atoms with Gasteiger partial charge >= 0.3 is 0 Å². The van der Waals surface area contributed by atoms with Gasteiger partial charge in [0.25, 0.3) is 0 Å². The fraction of sp³-hybridized carbons (Fsp3) is 1.00. The lowest BCUT2D eigenvalue weighted by atomic mass is 9.83. The van der Waals surface area contributed by atoms with Crippen molar-refractivity contribution < 1.29 is 0 Å². The van der Waals surface area contributed by atoms with E-state index in [4.69, 9.17) is 5.73 Å². The Balaban J connectivity index is 2.39. The molecule has 0 aromatic carbocycles.